The molecule has 1 rings (SSSR count). The maximum atomic E-state index is 9.17. The smallest absolute Gasteiger partial charge is 0.422 e. The number of nitrogens with zero attached hydrogens (tertiary/aromatic N) is 1. The predicted octanol–water partition coefficient (Wildman–Crippen LogP) is 0.481. The Morgan fingerprint density at radius 2 is 2.20 bits per heavy atom. The number of rotatable bonds is 0. The van der Waals surface area contributed by atoms with Gasteiger partial charge in [0.15, 0.2) is 0 Å². The molecule has 0 fully saturated rings. The first-order valence-electron chi connectivity index (χ1n) is 3.36. The summed E-state index contributed by atoms with van der Waals surface area (Å²) in [5, 5.41) is 9.17. The van der Waals surface area contributed by atoms with E-state index in [1.165, 1.54) is 0 Å². The van der Waals surface area contributed by atoms with E-state index in [4.69, 9.17) is 4.65 Å². The Morgan fingerprint density at radius 3 is 2.40 bits per heavy atom. The minimum atomic E-state index is -0.778. The third kappa shape index (κ3) is 1.38. The van der Waals surface area contributed by atoms with Crippen LogP contribution in [-0.4, -0.2) is 24.5 Å². The second-order valence-electron chi connectivity index (χ2n) is 3.44. The average molecular weight is 141 g/mol. The molecule has 1 aliphatic heterocycles. The Bertz CT molecular complexity index is 162. The molecule has 0 aromatic rings. The van der Waals surface area contributed by atoms with Gasteiger partial charge in [0.1, 0.15) is 6.73 Å². The lowest BCUT2D eigenvalue weighted by molar-refractivity contribution is 0.297. The SMILES string of the molecule is CC(C)(C)C1=NCOB1O. The second-order valence-corrected chi connectivity index (χ2v) is 3.44. The molecule has 0 aliphatic carbocycles. The zero-order valence-electron chi connectivity index (χ0n) is 6.59. The Hall–Kier alpha value is -0.345. The summed E-state index contributed by atoms with van der Waals surface area (Å²) in [6.45, 7) is 6.31. The van der Waals surface area contributed by atoms with E-state index in [1.807, 2.05) is 20.8 Å². The van der Waals surface area contributed by atoms with Crippen molar-refractivity contribution in [2.45, 2.75) is 20.8 Å². The minimum Gasteiger partial charge on any atom is -0.422 e. The summed E-state index contributed by atoms with van der Waals surface area (Å²) in [7, 11) is -0.778. The maximum Gasteiger partial charge on any atom is 0.507 e. The van der Waals surface area contributed by atoms with Crippen LogP contribution in [0.1, 0.15) is 20.8 Å². The highest BCUT2D eigenvalue weighted by molar-refractivity contribution is 6.82. The van der Waals surface area contributed by atoms with Crippen molar-refractivity contribution in [1.82, 2.24) is 0 Å². The second kappa shape index (κ2) is 2.36. The van der Waals surface area contributed by atoms with Gasteiger partial charge in [-0.05, 0) is 5.41 Å². The summed E-state index contributed by atoms with van der Waals surface area (Å²) in [4.78, 5) is 4.03. The van der Waals surface area contributed by atoms with Gasteiger partial charge in [-0.3, -0.25) is 4.99 Å². The van der Waals surface area contributed by atoms with Crippen LogP contribution < -0.4 is 0 Å². The molecular formula is C6H12BNO2. The molecule has 0 saturated heterocycles. The van der Waals surface area contributed by atoms with Crippen molar-refractivity contribution < 1.29 is 9.68 Å². The highest BCUT2D eigenvalue weighted by Crippen LogP contribution is 2.20. The first-order valence-corrected chi connectivity index (χ1v) is 3.36. The van der Waals surface area contributed by atoms with Crippen LogP contribution in [0.25, 0.3) is 0 Å². The van der Waals surface area contributed by atoms with Crippen LogP contribution in [-0.2, 0) is 4.65 Å². The topological polar surface area (TPSA) is 41.8 Å². The van der Waals surface area contributed by atoms with Crippen LogP contribution in [0.3, 0.4) is 0 Å². The van der Waals surface area contributed by atoms with Gasteiger partial charge in [0.2, 0.25) is 0 Å². The fraction of sp³-hybridized carbons (Fsp3) is 0.833. The maximum absolute atomic E-state index is 9.17. The van der Waals surface area contributed by atoms with Gasteiger partial charge in [0.25, 0.3) is 0 Å². The van der Waals surface area contributed by atoms with Gasteiger partial charge in [-0.1, -0.05) is 20.8 Å². The molecule has 0 radical (unpaired) electrons. The van der Waals surface area contributed by atoms with E-state index in [2.05, 4.69) is 4.99 Å². The van der Waals surface area contributed by atoms with Gasteiger partial charge in [-0.2, -0.15) is 0 Å². The van der Waals surface area contributed by atoms with Crippen LogP contribution in [0.5, 0.6) is 0 Å². The summed E-state index contributed by atoms with van der Waals surface area (Å²) in [5.74, 6) is 0. The molecular weight excluding hydrogens is 129 g/mol. The standard InChI is InChI=1S/C6H12BNO2/c1-6(2,3)5-7(9)10-4-8-5/h9H,4H2,1-3H3. The van der Waals surface area contributed by atoms with Crippen LogP contribution >= 0.6 is 0 Å². The highest BCUT2D eigenvalue weighted by atomic mass is 16.5. The van der Waals surface area contributed by atoms with Crippen molar-refractivity contribution in [2.24, 2.45) is 10.4 Å². The summed E-state index contributed by atoms with van der Waals surface area (Å²) in [6.07, 6.45) is 0. The molecule has 0 aromatic carbocycles. The van der Waals surface area contributed by atoms with Gasteiger partial charge in [0.05, 0.1) is 5.61 Å². The van der Waals surface area contributed by atoms with Crippen molar-refractivity contribution in [3.63, 3.8) is 0 Å². The lowest BCUT2D eigenvalue weighted by Crippen LogP contribution is -2.34. The Morgan fingerprint density at radius 1 is 1.60 bits per heavy atom. The molecule has 0 saturated carbocycles. The summed E-state index contributed by atoms with van der Waals surface area (Å²) in [6, 6.07) is 0. The lowest BCUT2D eigenvalue weighted by Gasteiger charge is -2.17. The Balaban J connectivity index is 2.72. The van der Waals surface area contributed by atoms with Crippen molar-refractivity contribution in [3.05, 3.63) is 0 Å². The molecule has 10 heavy (non-hydrogen) atoms. The summed E-state index contributed by atoms with van der Waals surface area (Å²) >= 11 is 0. The Kier molecular flexibility index (Phi) is 1.83. The molecule has 1 heterocycles. The monoisotopic (exact) mass is 141 g/mol. The van der Waals surface area contributed by atoms with Crippen molar-refractivity contribution in [1.29, 1.82) is 0 Å². The van der Waals surface area contributed by atoms with Gasteiger partial charge in [-0.25, -0.2) is 0 Å². The molecule has 1 N–H and O–H groups in total. The summed E-state index contributed by atoms with van der Waals surface area (Å²) in [5.41, 5.74) is 0.670. The van der Waals surface area contributed by atoms with E-state index in [0.29, 0.717) is 6.73 Å². The quantitative estimate of drug-likeness (QED) is 0.498. The third-order valence-electron chi connectivity index (χ3n) is 1.47. The van der Waals surface area contributed by atoms with Gasteiger partial charge in [0, 0.05) is 0 Å². The fourth-order valence-corrected chi connectivity index (χ4v) is 0.942. The number of aliphatic imine (C=N–C) groups is 1. The first kappa shape index (κ1) is 7.76. The largest absolute Gasteiger partial charge is 0.507 e. The van der Waals surface area contributed by atoms with E-state index in [9.17, 15) is 5.02 Å². The van der Waals surface area contributed by atoms with E-state index >= 15 is 0 Å². The highest BCUT2D eigenvalue weighted by Gasteiger charge is 2.34. The van der Waals surface area contributed by atoms with E-state index in [1.54, 1.807) is 0 Å². The minimum absolute atomic E-state index is 0.0735. The van der Waals surface area contributed by atoms with Crippen LogP contribution in [0.2, 0.25) is 0 Å². The molecule has 0 amide bonds. The average Bonchev–Trinajstić information content (AvgIpc) is 2.11. The van der Waals surface area contributed by atoms with Crippen LogP contribution in [0.4, 0.5) is 0 Å². The van der Waals surface area contributed by atoms with Gasteiger partial charge >= 0.3 is 7.12 Å². The molecule has 0 bridgehead atoms. The number of hydrogen-bond acceptors (Lipinski definition) is 3. The lowest BCUT2D eigenvalue weighted by atomic mass is 9.69. The summed E-state index contributed by atoms with van der Waals surface area (Å²) < 4.78 is 4.84. The number of hydrogen-bond donors (Lipinski definition) is 1. The first-order chi connectivity index (χ1) is 4.52. The van der Waals surface area contributed by atoms with E-state index < -0.39 is 7.12 Å². The van der Waals surface area contributed by atoms with E-state index in [-0.39, 0.29) is 5.41 Å². The van der Waals surface area contributed by atoms with Crippen molar-refractivity contribution in [2.75, 3.05) is 6.73 Å². The Labute approximate surface area is 61.3 Å². The zero-order valence-corrected chi connectivity index (χ0v) is 6.59. The molecule has 0 spiro atoms. The molecule has 0 aromatic heterocycles. The van der Waals surface area contributed by atoms with Crippen molar-refractivity contribution >= 4 is 12.7 Å². The normalized spacial score (nSPS) is 19.6. The molecule has 56 valence electrons. The van der Waals surface area contributed by atoms with Crippen LogP contribution in [0, 0.1) is 5.41 Å². The molecule has 4 heteroatoms. The van der Waals surface area contributed by atoms with Gasteiger partial charge < -0.3 is 9.68 Å². The van der Waals surface area contributed by atoms with E-state index in [0.717, 1.165) is 5.61 Å². The fourth-order valence-electron chi connectivity index (χ4n) is 0.942. The molecule has 0 atom stereocenters. The van der Waals surface area contributed by atoms with Crippen molar-refractivity contribution in [3.8, 4) is 0 Å². The molecule has 1 aliphatic rings. The molecule has 0 unspecified atom stereocenters. The zero-order chi connectivity index (χ0) is 7.78. The van der Waals surface area contributed by atoms with Crippen LogP contribution in [0.15, 0.2) is 4.99 Å². The van der Waals surface area contributed by atoms with Gasteiger partial charge in [-0.15, -0.1) is 0 Å². The predicted molar refractivity (Wildman–Crippen MR) is 40.8 cm³/mol. The third-order valence-corrected chi connectivity index (χ3v) is 1.47. The molecule has 3 nitrogen and oxygen atoms in total.